The molecule has 0 saturated heterocycles. The minimum absolute atomic E-state index is 0.0805. The molecule has 10 nitrogen and oxygen atoms in total. The summed E-state index contributed by atoms with van der Waals surface area (Å²) in [5, 5.41) is 65.5. The van der Waals surface area contributed by atoms with Gasteiger partial charge in [-0.15, -0.1) is 0 Å². The van der Waals surface area contributed by atoms with Crippen molar-refractivity contribution < 1.29 is 49.8 Å². The van der Waals surface area contributed by atoms with E-state index < -0.39 is 81.3 Å². The summed E-state index contributed by atoms with van der Waals surface area (Å²) in [5.74, 6) is -5.52. The molecule has 10 heteroatoms. The van der Waals surface area contributed by atoms with Crippen LogP contribution in [0.2, 0.25) is 0 Å². The summed E-state index contributed by atoms with van der Waals surface area (Å²) in [6, 6.07) is 6.35. The molecule has 3 aromatic carbocycles. The molecule has 0 amide bonds. The van der Waals surface area contributed by atoms with Gasteiger partial charge in [0.25, 0.3) is 0 Å². The van der Waals surface area contributed by atoms with Crippen molar-refractivity contribution >= 4 is 17.5 Å². The predicted octanol–water partition coefficient (Wildman–Crippen LogP) is 2.42. The standard InChI is InChI=1S/C30H22O10/c1-10-6-12-20(17(34)7-10)29(39)40-28-16(33)3-2-13-19-11(9-30(13,28)27(12)38)8-18(35)23-24(19)26(37)22-15(32)5-4-14(31)21(22)25(23)36/h2-8,13,16,27-28,31-35,38H,9H2,1H3/t13-,16-,27+,28?,30?/m1/s1. The van der Waals surface area contributed by atoms with Crippen LogP contribution in [0.15, 0.2) is 42.5 Å². The van der Waals surface area contributed by atoms with Gasteiger partial charge in [0.2, 0.25) is 5.78 Å². The Kier molecular flexibility index (Phi) is 4.70. The average molecular weight is 542 g/mol. The van der Waals surface area contributed by atoms with Gasteiger partial charge < -0.3 is 35.4 Å². The first-order valence-electron chi connectivity index (χ1n) is 12.6. The Morgan fingerprint density at radius 3 is 2.05 bits per heavy atom. The Labute approximate surface area is 226 Å². The zero-order valence-corrected chi connectivity index (χ0v) is 20.9. The van der Waals surface area contributed by atoms with E-state index >= 15 is 0 Å². The Morgan fingerprint density at radius 1 is 0.775 bits per heavy atom. The molecule has 3 aliphatic carbocycles. The number of ketones is 2. The van der Waals surface area contributed by atoms with Gasteiger partial charge in [0.15, 0.2) is 5.78 Å². The maximum absolute atomic E-state index is 13.9. The SMILES string of the molecule is Cc1cc(O)c2c(c1)[C@H](O)C13Cc4cc(O)c5c(c4[C@H]1C=C[C@@H](O)C3OC2=O)C(=O)c1c(O)ccc(O)c1C5=O. The number of phenolic OH excluding ortho intramolecular Hbond substituents is 4. The number of esters is 1. The van der Waals surface area contributed by atoms with Crippen LogP contribution < -0.4 is 0 Å². The van der Waals surface area contributed by atoms with Crippen LogP contribution >= 0.6 is 0 Å². The van der Waals surface area contributed by atoms with E-state index in [4.69, 9.17) is 4.74 Å². The number of hydrogen-bond donors (Lipinski definition) is 6. The molecular formula is C30H22O10. The first-order valence-corrected chi connectivity index (χ1v) is 12.6. The van der Waals surface area contributed by atoms with Crippen LogP contribution in [0.3, 0.4) is 0 Å². The number of ether oxygens (including phenoxy) is 1. The number of aromatic hydroxyl groups is 4. The van der Waals surface area contributed by atoms with Crippen LogP contribution in [-0.4, -0.2) is 60.4 Å². The van der Waals surface area contributed by atoms with Crippen molar-refractivity contribution in [1.82, 2.24) is 0 Å². The van der Waals surface area contributed by atoms with E-state index in [2.05, 4.69) is 0 Å². The number of aliphatic hydroxyl groups excluding tert-OH is 2. The van der Waals surface area contributed by atoms with E-state index in [0.29, 0.717) is 11.1 Å². The Hall–Kier alpha value is -4.67. The lowest BCUT2D eigenvalue weighted by Crippen LogP contribution is -2.52. The Bertz CT molecular complexity index is 1770. The van der Waals surface area contributed by atoms with Crippen LogP contribution in [0.25, 0.3) is 0 Å². The third kappa shape index (κ3) is 2.76. The van der Waals surface area contributed by atoms with E-state index in [1.807, 2.05) is 0 Å². The maximum Gasteiger partial charge on any atom is 0.342 e. The van der Waals surface area contributed by atoms with Crippen LogP contribution in [0.5, 0.6) is 23.0 Å². The molecule has 1 spiro atoms. The molecular weight excluding hydrogens is 520 g/mol. The average Bonchev–Trinajstić information content (AvgIpc) is 3.18. The van der Waals surface area contributed by atoms with E-state index in [0.717, 1.165) is 12.1 Å². The summed E-state index contributed by atoms with van der Waals surface area (Å²) in [6.07, 6.45) is -1.33. The fraction of sp³-hybridized carbons (Fsp3) is 0.233. The number of benzene rings is 3. The number of carbonyl (C=O) groups excluding carboxylic acids is 3. The number of allylic oxidation sites excluding steroid dienone is 1. The first kappa shape index (κ1) is 24.4. The summed E-state index contributed by atoms with van der Waals surface area (Å²) in [7, 11) is 0. The molecule has 0 saturated carbocycles. The predicted molar refractivity (Wildman–Crippen MR) is 136 cm³/mol. The van der Waals surface area contributed by atoms with Crippen molar-refractivity contribution in [2.45, 2.75) is 37.6 Å². The second-order valence-corrected chi connectivity index (χ2v) is 10.8. The van der Waals surface area contributed by atoms with Crippen molar-refractivity contribution in [1.29, 1.82) is 0 Å². The largest absolute Gasteiger partial charge is 0.507 e. The number of aryl methyl sites for hydroxylation is 1. The Balaban J connectivity index is 1.52. The lowest BCUT2D eigenvalue weighted by atomic mass is 9.61. The molecule has 7 rings (SSSR count). The van der Waals surface area contributed by atoms with Gasteiger partial charge in [0.1, 0.15) is 40.8 Å². The number of phenols is 4. The monoisotopic (exact) mass is 542 g/mol. The third-order valence-electron chi connectivity index (χ3n) is 8.76. The molecule has 3 aromatic rings. The number of hydrogen-bond acceptors (Lipinski definition) is 10. The van der Waals surface area contributed by atoms with Gasteiger partial charge in [-0.3, -0.25) is 9.59 Å². The number of carbonyl (C=O) groups is 3. The van der Waals surface area contributed by atoms with Crippen LogP contribution in [0.4, 0.5) is 0 Å². The highest BCUT2D eigenvalue weighted by Gasteiger charge is 2.63. The topological polar surface area (TPSA) is 182 Å². The van der Waals surface area contributed by atoms with Crippen molar-refractivity contribution in [2.75, 3.05) is 0 Å². The molecule has 5 atom stereocenters. The minimum atomic E-state index is -1.50. The molecule has 0 radical (unpaired) electrons. The van der Waals surface area contributed by atoms with Gasteiger partial charge in [-0.2, -0.15) is 0 Å². The van der Waals surface area contributed by atoms with E-state index in [-0.39, 0.29) is 34.2 Å². The molecule has 0 aromatic heterocycles. The van der Waals surface area contributed by atoms with Gasteiger partial charge in [-0.25, -0.2) is 4.79 Å². The highest BCUT2D eigenvalue weighted by atomic mass is 16.6. The highest BCUT2D eigenvalue weighted by Crippen LogP contribution is 2.63. The first-order chi connectivity index (χ1) is 19.0. The number of aliphatic hydroxyl groups is 2. The molecule has 0 bridgehead atoms. The zero-order valence-electron chi connectivity index (χ0n) is 20.9. The van der Waals surface area contributed by atoms with Gasteiger partial charge in [-0.1, -0.05) is 18.2 Å². The lowest BCUT2D eigenvalue weighted by molar-refractivity contribution is -0.119. The quantitative estimate of drug-likeness (QED) is 0.110. The number of fused-ring (bicyclic) bond motifs is 6. The minimum Gasteiger partial charge on any atom is -0.507 e. The van der Waals surface area contributed by atoms with Gasteiger partial charge in [0.05, 0.1) is 28.2 Å². The van der Waals surface area contributed by atoms with E-state index in [1.54, 1.807) is 19.1 Å². The molecule has 1 heterocycles. The lowest BCUT2D eigenvalue weighted by Gasteiger charge is -2.46. The van der Waals surface area contributed by atoms with Crippen LogP contribution in [0, 0.1) is 12.3 Å². The molecule has 1 aliphatic heterocycles. The van der Waals surface area contributed by atoms with Crippen LogP contribution in [0.1, 0.15) is 76.5 Å². The summed E-state index contributed by atoms with van der Waals surface area (Å²) >= 11 is 0. The van der Waals surface area contributed by atoms with Crippen molar-refractivity contribution in [3.8, 4) is 23.0 Å². The highest BCUT2D eigenvalue weighted by molar-refractivity contribution is 6.31. The fourth-order valence-corrected chi connectivity index (χ4v) is 7.20. The summed E-state index contributed by atoms with van der Waals surface area (Å²) < 4.78 is 5.75. The number of rotatable bonds is 0. The smallest absolute Gasteiger partial charge is 0.342 e. The zero-order chi connectivity index (χ0) is 28.4. The molecule has 4 aliphatic rings. The van der Waals surface area contributed by atoms with E-state index in [1.165, 1.54) is 18.2 Å². The maximum atomic E-state index is 13.9. The van der Waals surface area contributed by atoms with E-state index in [9.17, 15) is 45.0 Å². The fourth-order valence-electron chi connectivity index (χ4n) is 7.20. The summed E-state index contributed by atoms with van der Waals surface area (Å²) in [6.45, 7) is 1.67. The van der Waals surface area contributed by atoms with Crippen molar-refractivity contribution in [2.24, 2.45) is 5.41 Å². The second kappa shape index (κ2) is 7.71. The molecule has 0 fully saturated rings. The second-order valence-electron chi connectivity index (χ2n) is 10.8. The molecule has 40 heavy (non-hydrogen) atoms. The Morgan fingerprint density at radius 2 is 1.38 bits per heavy atom. The van der Waals surface area contributed by atoms with Crippen molar-refractivity contribution in [3.63, 3.8) is 0 Å². The third-order valence-corrected chi connectivity index (χ3v) is 8.76. The van der Waals surface area contributed by atoms with Crippen LogP contribution in [-0.2, 0) is 11.2 Å². The summed E-state index contributed by atoms with van der Waals surface area (Å²) in [5.41, 5.74) is -1.88. The van der Waals surface area contributed by atoms with Gasteiger partial charge >= 0.3 is 5.97 Å². The van der Waals surface area contributed by atoms with Crippen molar-refractivity contribution in [3.05, 3.63) is 92.6 Å². The molecule has 6 N–H and O–H groups in total. The van der Waals surface area contributed by atoms with Gasteiger partial charge in [-0.05, 0) is 59.9 Å². The van der Waals surface area contributed by atoms with Gasteiger partial charge in [0, 0.05) is 11.5 Å². The normalized spacial score (nSPS) is 27.5. The summed E-state index contributed by atoms with van der Waals surface area (Å²) in [4.78, 5) is 40.7. The molecule has 202 valence electrons. The molecule has 2 unspecified atom stereocenters.